The molecule has 0 amide bonds. The zero-order valence-corrected chi connectivity index (χ0v) is 6.64. The van der Waals surface area contributed by atoms with Gasteiger partial charge in [-0.25, -0.2) is 0 Å². The Hall–Kier alpha value is -0.0800. The summed E-state index contributed by atoms with van der Waals surface area (Å²) in [6.07, 6.45) is 5.34. The third-order valence-electron chi connectivity index (χ3n) is 1.92. The highest BCUT2D eigenvalue weighted by molar-refractivity contribution is 4.62. The molecule has 10 heavy (non-hydrogen) atoms. The van der Waals surface area contributed by atoms with Gasteiger partial charge in [-0.15, -0.1) is 0 Å². The second-order valence-corrected chi connectivity index (χ2v) is 2.77. The van der Waals surface area contributed by atoms with Crippen molar-refractivity contribution in [2.24, 2.45) is 0 Å². The van der Waals surface area contributed by atoms with Crippen molar-refractivity contribution in [3.63, 3.8) is 0 Å². The molecule has 1 aliphatic heterocycles. The van der Waals surface area contributed by atoms with Crippen molar-refractivity contribution >= 4 is 0 Å². The van der Waals surface area contributed by atoms with Crippen molar-refractivity contribution in [1.29, 1.82) is 0 Å². The predicted octanol–water partition coefficient (Wildman–Crippen LogP) is 1.59. The lowest BCUT2D eigenvalue weighted by Gasteiger charge is -2.21. The first-order chi connectivity index (χ1) is 4.93. The second kappa shape index (κ2) is 4.69. The van der Waals surface area contributed by atoms with E-state index < -0.39 is 0 Å². The quantitative estimate of drug-likeness (QED) is 0.599. The lowest BCUT2D eigenvalue weighted by molar-refractivity contribution is -0.00223. The Morgan fingerprint density at radius 1 is 1.50 bits per heavy atom. The van der Waals surface area contributed by atoms with E-state index in [0.29, 0.717) is 6.10 Å². The summed E-state index contributed by atoms with van der Waals surface area (Å²) in [7, 11) is 1.74. The van der Waals surface area contributed by atoms with Crippen LogP contribution < -0.4 is 0 Å². The summed E-state index contributed by atoms with van der Waals surface area (Å²) in [4.78, 5) is 0. The first-order valence-electron chi connectivity index (χ1n) is 4.04. The molecular weight excluding hydrogens is 128 g/mol. The van der Waals surface area contributed by atoms with Gasteiger partial charge in [-0.3, -0.25) is 0 Å². The van der Waals surface area contributed by atoms with Gasteiger partial charge in [0.05, 0.1) is 6.10 Å². The van der Waals surface area contributed by atoms with Crippen LogP contribution in [0.5, 0.6) is 0 Å². The third kappa shape index (κ3) is 2.67. The minimum Gasteiger partial charge on any atom is -0.385 e. The Kier molecular flexibility index (Phi) is 3.76. The lowest BCUT2D eigenvalue weighted by atomic mass is 10.1. The molecular formula is C8H16O2. The smallest absolute Gasteiger partial charge is 0.0597 e. The summed E-state index contributed by atoms with van der Waals surface area (Å²) in [6, 6.07) is 0. The van der Waals surface area contributed by atoms with Crippen molar-refractivity contribution in [3.05, 3.63) is 0 Å². The Bertz CT molecular complexity index is 77.3. The summed E-state index contributed by atoms with van der Waals surface area (Å²) in [5, 5.41) is 0. The molecule has 1 atom stereocenters. The van der Waals surface area contributed by atoms with Crippen molar-refractivity contribution in [1.82, 2.24) is 0 Å². The van der Waals surface area contributed by atoms with Gasteiger partial charge >= 0.3 is 0 Å². The molecule has 2 heteroatoms. The molecule has 1 rings (SSSR count). The molecule has 60 valence electrons. The predicted molar refractivity (Wildman–Crippen MR) is 40.1 cm³/mol. The maximum absolute atomic E-state index is 5.50. The van der Waals surface area contributed by atoms with E-state index in [4.69, 9.17) is 9.47 Å². The van der Waals surface area contributed by atoms with E-state index in [1.165, 1.54) is 19.3 Å². The van der Waals surface area contributed by atoms with Gasteiger partial charge in [-0.1, -0.05) is 0 Å². The molecule has 0 spiro atoms. The Morgan fingerprint density at radius 3 is 3.00 bits per heavy atom. The Balaban J connectivity index is 2.02. The molecule has 0 unspecified atom stereocenters. The van der Waals surface area contributed by atoms with Crippen LogP contribution in [0.25, 0.3) is 0 Å². The average Bonchev–Trinajstić information content (AvgIpc) is 2.03. The van der Waals surface area contributed by atoms with Gasteiger partial charge in [0.25, 0.3) is 0 Å². The Morgan fingerprint density at radius 2 is 2.40 bits per heavy atom. The highest BCUT2D eigenvalue weighted by atomic mass is 16.5. The molecule has 1 aliphatic rings. The van der Waals surface area contributed by atoms with Gasteiger partial charge in [-0.2, -0.15) is 0 Å². The molecule has 0 aromatic heterocycles. The fourth-order valence-corrected chi connectivity index (χ4v) is 1.28. The monoisotopic (exact) mass is 144 g/mol. The van der Waals surface area contributed by atoms with Gasteiger partial charge in [-0.05, 0) is 25.7 Å². The van der Waals surface area contributed by atoms with E-state index in [1.54, 1.807) is 7.11 Å². The first-order valence-corrected chi connectivity index (χ1v) is 4.04. The number of ether oxygens (including phenoxy) is 2. The second-order valence-electron chi connectivity index (χ2n) is 2.77. The average molecular weight is 144 g/mol. The molecule has 0 aromatic rings. The van der Waals surface area contributed by atoms with Crippen molar-refractivity contribution in [2.45, 2.75) is 31.8 Å². The first kappa shape index (κ1) is 8.02. The van der Waals surface area contributed by atoms with E-state index in [-0.39, 0.29) is 0 Å². The molecule has 0 aliphatic carbocycles. The molecule has 1 fully saturated rings. The highest BCUT2D eigenvalue weighted by Crippen LogP contribution is 2.14. The van der Waals surface area contributed by atoms with Gasteiger partial charge < -0.3 is 9.47 Å². The number of hydrogen-bond donors (Lipinski definition) is 0. The van der Waals surface area contributed by atoms with Crippen LogP contribution in [0.3, 0.4) is 0 Å². The SMILES string of the molecule is COCC[C@H]1CCCCO1. The molecule has 0 aromatic carbocycles. The van der Waals surface area contributed by atoms with Gasteiger partial charge in [0.2, 0.25) is 0 Å². The number of rotatable bonds is 3. The van der Waals surface area contributed by atoms with Crippen LogP contribution in [0, 0.1) is 0 Å². The normalized spacial score (nSPS) is 26.7. The lowest BCUT2D eigenvalue weighted by Crippen LogP contribution is -2.20. The summed E-state index contributed by atoms with van der Waals surface area (Å²) in [5.74, 6) is 0. The van der Waals surface area contributed by atoms with Crippen molar-refractivity contribution < 1.29 is 9.47 Å². The van der Waals surface area contributed by atoms with Crippen molar-refractivity contribution in [3.8, 4) is 0 Å². The van der Waals surface area contributed by atoms with Gasteiger partial charge in [0.15, 0.2) is 0 Å². The van der Waals surface area contributed by atoms with Crippen molar-refractivity contribution in [2.75, 3.05) is 20.3 Å². The third-order valence-corrected chi connectivity index (χ3v) is 1.92. The van der Waals surface area contributed by atoms with E-state index >= 15 is 0 Å². The largest absolute Gasteiger partial charge is 0.385 e. The highest BCUT2D eigenvalue weighted by Gasteiger charge is 2.12. The van der Waals surface area contributed by atoms with E-state index in [9.17, 15) is 0 Å². The molecule has 0 radical (unpaired) electrons. The van der Waals surface area contributed by atoms with Crippen LogP contribution in [-0.4, -0.2) is 26.4 Å². The molecule has 1 saturated heterocycles. The molecule has 1 heterocycles. The summed E-state index contributed by atoms with van der Waals surface area (Å²) >= 11 is 0. The zero-order valence-electron chi connectivity index (χ0n) is 6.64. The molecule has 0 saturated carbocycles. The van der Waals surface area contributed by atoms with Crippen LogP contribution >= 0.6 is 0 Å². The van der Waals surface area contributed by atoms with Crippen LogP contribution in [0.2, 0.25) is 0 Å². The minimum absolute atomic E-state index is 0.480. The molecule has 0 bridgehead atoms. The topological polar surface area (TPSA) is 18.5 Å². The summed E-state index contributed by atoms with van der Waals surface area (Å²) < 4.78 is 10.5. The number of hydrogen-bond acceptors (Lipinski definition) is 2. The van der Waals surface area contributed by atoms with E-state index in [2.05, 4.69) is 0 Å². The van der Waals surface area contributed by atoms with Gasteiger partial charge in [0.1, 0.15) is 0 Å². The molecule has 2 nitrogen and oxygen atoms in total. The fraction of sp³-hybridized carbons (Fsp3) is 1.00. The van der Waals surface area contributed by atoms with Crippen LogP contribution in [0.15, 0.2) is 0 Å². The van der Waals surface area contributed by atoms with Crippen LogP contribution in [0.4, 0.5) is 0 Å². The number of methoxy groups -OCH3 is 1. The zero-order chi connectivity index (χ0) is 7.23. The Labute approximate surface area is 62.5 Å². The van der Waals surface area contributed by atoms with Crippen LogP contribution in [0.1, 0.15) is 25.7 Å². The van der Waals surface area contributed by atoms with Gasteiger partial charge in [0, 0.05) is 20.3 Å². The van der Waals surface area contributed by atoms with Crippen LogP contribution in [-0.2, 0) is 9.47 Å². The van der Waals surface area contributed by atoms with E-state index in [1.807, 2.05) is 0 Å². The summed E-state index contributed by atoms with van der Waals surface area (Å²) in [5.41, 5.74) is 0. The minimum atomic E-state index is 0.480. The maximum atomic E-state index is 5.50. The molecule has 0 N–H and O–H groups in total. The standard InChI is InChI=1S/C8H16O2/c1-9-7-5-8-4-2-3-6-10-8/h8H,2-7H2,1H3/t8-/m1/s1. The van der Waals surface area contributed by atoms with E-state index in [0.717, 1.165) is 19.6 Å². The fourth-order valence-electron chi connectivity index (χ4n) is 1.28. The summed E-state index contributed by atoms with van der Waals surface area (Å²) in [6.45, 7) is 1.79. The maximum Gasteiger partial charge on any atom is 0.0597 e.